The van der Waals surface area contributed by atoms with Gasteiger partial charge < -0.3 is 21.3 Å². The summed E-state index contributed by atoms with van der Waals surface area (Å²) in [6, 6.07) is 7.23. The molecular formula is C15H25ClN4O2. The van der Waals surface area contributed by atoms with Crippen LogP contribution in [0.25, 0.3) is 0 Å². The maximum Gasteiger partial charge on any atom is 0.321 e. The van der Waals surface area contributed by atoms with Crippen molar-refractivity contribution in [1.82, 2.24) is 10.2 Å². The Balaban J connectivity index is 0.00000441. The van der Waals surface area contributed by atoms with Gasteiger partial charge in [0.05, 0.1) is 0 Å². The lowest BCUT2D eigenvalue weighted by Gasteiger charge is -2.13. The fourth-order valence-corrected chi connectivity index (χ4v) is 1.64. The van der Waals surface area contributed by atoms with Gasteiger partial charge >= 0.3 is 6.03 Å². The maximum atomic E-state index is 11.6. The van der Waals surface area contributed by atoms with E-state index in [2.05, 4.69) is 10.6 Å². The number of hydrogen-bond acceptors (Lipinski definition) is 3. The third kappa shape index (κ3) is 7.85. The second kappa shape index (κ2) is 10.0. The number of halogens is 1. The van der Waals surface area contributed by atoms with E-state index < -0.39 is 0 Å². The summed E-state index contributed by atoms with van der Waals surface area (Å²) >= 11 is 0. The number of urea groups is 1. The average Bonchev–Trinajstić information content (AvgIpc) is 2.43. The molecule has 1 rings (SSSR count). The van der Waals surface area contributed by atoms with E-state index in [1.165, 1.54) is 4.90 Å². The summed E-state index contributed by atoms with van der Waals surface area (Å²) < 4.78 is 0. The van der Waals surface area contributed by atoms with Crippen molar-refractivity contribution in [1.29, 1.82) is 0 Å². The third-order valence-electron chi connectivity index (χ3n) is 2.90. The lowest BCUT2D eigenvalue weighted by atomic mass is 10.1. The van der Waals surface area contributed by atoms with Gasteiger partial charge in [-0.05, 0) is 31.0 Å². The number of nitrogens with two attached hydrogens (primary N) is 1. The normalized spacial score (nSPS) is 11.1. The number of rotatable bonds is 6. The van der Waals surface area contributed by atoms with Gasteiger partial charge in [-0.3, -0.25) is 4.79 Å². The molecule has 1 unspecified atom stereocenters. The van der Waals surface area contributed by atoms with Crippen LogP contribution in [0.2, 0.25) is 0 Å². The van der Waals surface area contributed by atoms with Gasteiger partial charge in [-0.1, -0.05) is 12.1 Å². The fraction of sp³-hybridized carbons (Fsp3) is 0.467. The molecule has 7 heteroatoms. The summed E-state index contributed by atoms with van der Waals surface area (Å²) in [5.41, 5.74) is 7.25. The SMILES string of the molecule is CC(N)CCC(=O)NCc1cccc(NC(=O)N(C)C)c1.Cl. The minimum Gasteiger partial charge on any atom is -0.352 e. The molecule has 0 saturated carbocycles. The van der Waals surface area contributed by atoms with Crippen molar-refractivity contribution in [3.63, 3.8) is 0 Å². The summed E-state index contributed by atoms with van der Waals surface area (Å²) in [6.07, 6.45) is 1.10. The first-order valence-electron chi connectivity index (χ1n) is 6.98. The molecule has 0 aliphatic rings. The minimum atomic E-state index is -0.187. The molecule has 4 N–H and O–H groups in total. The predicted octanol–water partition coefficient (Wildman–Crippen LogP) is 1.95. The molecule has 0 heterocycles. The Morgan fingerprint density at radius 2 is 2.00 bits per heavy atom. The summed E-state index contributed by atoms with van der Waals surface area (Å²) in [6.45, 7) is 2.31. The highest BCUT2D eigenvalue weighted by Crippen LogP contribution is 2.11. The number of amides is 3. The van der Waals surface area contributed by atoms with E-state index in [9.17, 15) is 9.59 Å². The molecule has 0 spiro atoms. The zero-order valence-electron chi connectivity index (χ0n) is 13.3. The first-order chi connectivity index (χ1) is 9.88. The van der Waals surface area contributed by atoms with Gasteiger partial charge in [-0.15, -0.1) is 12.4 Å². The fourth-order valence-electron chi connectivity index (χ4n) is 1.64. The molecule has 1 aromatic carbocycles. The lowest BCUT2D eigenvalue weighted by molar-refractivity contribution is -0.121. The molecule has 0 radical (unpaired) electrons. The number of nitrogens with zero attached hydrogens (tertiary/aromatic N) is 1. The number of carbonyl (C=O) groups is 2. The van der Waals surface area contributed by atoms with Gasteiger partial charge in [0, 0.05) is 38.8 Å². The van der Waals surface area contributed by atoms with Crippen molar-refractivity contribution in [3.8, 4) is 0 Å². The van der Waals surface area contributed by atoms with E-state index in [4.69, 9.17) is 5.73 Å². The Kier molecular flexibility index (Phi) is 9.21. The van der Waals surface area contributed by atoms with E-state index in [0.29, 0.717) is 25.1 Å². The monoisotopic (exact) mass is 328 g/mol. The number of nitrogens with one attached hydrogen (secondary N) is 2. The second-order valence-electron chi connectivity index (χ2n) is 5.32. The smallest absolute Gasteiger partial charge is 0.321 e. The van der Waals surface area contributed by atoms with E-state index in [1.54, 1.807) is 14.1 Å². The first-order valence-corrected chi connectivity index (χ1v) is 6.98. The molecular weight excluding hydrogens is 304 g/mol. The maximum absolute atomic E-state index is 11.6. The average molecular weight is 329 g/mol. The summed E-state index contributed by atoms with van der Waals surface area (Å²) in [7, 11) is 3.36. The van der Waals surface area contributed by atoms with Crippen LogP contribution in [0.4, 0.5) is 10.5 Å². The summed E-state index contributed by atoms with van der Waals surface area (Å²) in [5, 5.41) is 5.61. The highest BCUT2D eigenvalue weighted by Gasteiger charge is 2.06. The van der Waals surface area contributed by atoms with E-state index >= 15 is 0 Å². The van der Waals surface area contributed by atoms with Gasteiger partial charge in [0.15, 0.2) is 0 Å². The molecule has 0 bridgehead atoms. The highest BCUT2D eigenvalue weighted by atomic mass is 35.5. The van der Waals surface area contributed by atoms with Crippen LogP contribution < -0.4 is 16.4 Å². The van der Waals surface area contributed by atoms with Crippen molar-refractivity contribution < 1.29 is 9.59 Å². The minimum absolute atomic E-state index is 0. The topological polar surface area (TPSA) is 87.5 Å². The molecule has 124 valence electrons. The number of anilines is 1. The third-order valence-corrected chi connectivity index (χ3v) is 2.90. The number of benzene rings is 1. The van der Waals surface area contributed by atoms with Crippen molar-refractivity contribution >= 4 is 30.0 Å². The van der Waals surface area contributed by atoms with Crippen LogP contribution in [0.15, 0.2) is 24.3 Å². The molecule has 22 heavy (non-hydrogen) atoms. The molecule has 1 atom stereocenters. The van der Waals surface area contributed by atoms with Gasteiger partial charge in [-0.2, -0.15) is 0 Å². The Hall–Kier alpha value is -1.79. The van der Waals surface area contributed by atoms with Crippen molar-refractivity contribution in [2.75, 3.05) is 19.4 Å². The van der Waals surface area contributed by atoms with E-state index in [-0.39, 0.29) is 30.4 Å². The molecule has 6 nitrogen and oxygen atoms in total. The molecule has 3 amide bonds. The Bertz CT molecular complexity index is 492. The molecule has 0 aliphatic carbocycles. The number of hydrogen-bond donors (Lipinski definition) is 3. The largest absolute Gasteiger partial charge is 0.352 e. The Morgan fingerprint density at radius 1 is 1.32 bits per heavy atom. The quantitative estimate of drug-likeness (QED) is 0.745. The van der Waals surface area contributed by atoms with Gasteiger partial charge in [0.2, 0.25) is 5.91 Å². The summed E-state index contributed by atoms with van der Waals surface area (Å²) in [5.74, 6) is -0.0185. The number of carbonyl (C=O) groups excluding carboxylic acids is 2. The van der Waals surface area contributed by atoms with Crippen LogP contribution in [0, 0.1) is 0 Å². The molecule has 0 aliphatic heterocycles. The van der Waals surface area contributed by atoms with Crippen LogP contribution in [0.3, 0.4) is 0 Å². The molecule has 0 aromatic heterocycles. The van der Waals surface area contributed by atoms with Gasteiger partial charge in [0.25, 0.3) is 0 Å². The standard InChI is InChI=1S/C15H24N4O2.ClH/c1-11(16)7-8-14(20)17-10-12-5-4-6-13(9-12)18-15(21)19(2)3;/h4-6,9,11H,7-8,10,16H2,1-3H3,(H,17,20)(H,18,21);1H. The zero-order valence-corrected chi connectivity index (χ0v) is 14.1. The van der Waals surface area contributed by atoms with Gasteiger partial charge in [0.1, 0.15) is 0 Å². The van der Waals surface area contributed by atoms with Crippen LogP contribution in [-0.4, -0.2) is 37.0 Å². The Labute approximate surface area is 137 Å². The van der Waals surface area contributed by atoms with Crippen LogP contribution in [0.1, 0.15) is 25.3 Å². The predicted molar refractivity (Wildman–Crippen MR) is 91.1 cm³/mol. The van der Waals surface area contributed by atoms with Crippen LogP contribution in [0.5, 0.6) is 0 Å². The summed E-state index contributed by atoms with van der Waals surface area (Å²) in [4.78, 5) is 24.7. The Morgan fingerprint density at radius 3 is 2.59 bits per heavy atom. The lowest BCUT2D eigenvalue weighted by Crippen LogP contribution is -2.27. The van der Waals surface area contributed by atoms with Crippen molar-refractivity contribution in [2.45, 2.75) is 32.4 Å². The van der Waals surface area contributed by atoms with Crippen LogP contribution in [-0.2, 0) is 11.3 Å². The van der Waals surface area contributed by atoms with Crippen molar-refractivity contribution in [3.05, 3.63) is 29.8 Å². The van der Waals surface area contributed by atoms with Gasteiger partial charge in [-0.25, -0.2) is 4.79 Å². The van der Waals surface area contributed by atoms with Crippen molar-refractivity contribution in [2.24, 2.45) is 5.73 Å². The molecule has 0 fully saturated rings. The molecule has 1 aromatic rings. The first kappa shape index (κ1) is 20.2. The second-order valence-corrected chi connectivity index (χ2v) is 5.32. The highest BCUT2D eigenvalue weighted by molar-refractivity contribution is 5.89. The van der Waals surface area contributed by atoms with Crippen LogP contribution >= 0.6 is 12.4 Å². The van der Waals surface area contributed by atoms with E-state index in [0.717, 1.165) is 5.56 Å². The zero-order chi connectivity index (χ0) is 15.8. The van der Waals surface area contributed by atoms with E-state index in [1.807, 2.05) is 31.2 Å². The molecule has 0 saturated heterocycles.